The molecule has 4 rings (SSSR count). The van der Waals surface area contributed by atoms with Crippen LogP contribution in [-0.4, -0.2) is 35.9 Å². The van der Waals surface area contributed by atoms with Crippen molar-refractivity contribution in [2.24, 2.45) is 0 Å². The van der Waals surface area contributed by atoms with Crippen LogP contribution in [0.4, 0.5) is 5.69 Å². The topological polar surface area (TPSA) is 68.2 Å². The Bertz CT molecular complexity index is 947. The summed E-state index contributed by atoms with van der Waals surface area (Å²) < 4.78 is 7.27. The molecule has 28 heavy (non-hydrogen) atoms. The molecule has 3 aromatic rings. The van der Waals surface area contributed by atoms with E-state index >= 15 is 0 Å². The van der Waals surface area contributed by atoms with Crippen molar-refractivity contribution >= 4 is 11.6 Å². The van der Waals surface area contributed by atoms with Gasteiger partial charge >= 0.3 is 0 Å². The standard InChI is InChI=1S/C22H24N4O2/c1-28-20-9-3-2-8-19(20)17-6-4-7-18(16-17)25-21(27)22(10-13-23-14-11-22)26-15-5-12-24-26/h2-9,12,15-16,23H,10-11,13-14H2,1H3,(H,25,27). The van der Waals surface area contributed by atoms with E-state index in [0.717, 1.165) is 35.7 Å². The Morgan fingerprint density at radius 1 is 1.14 bits per heavy atom. The number of ether oxygens (including phenoxy) is 1. The van der Waals surface area contributed by atoms with Crippen LogP contribution in [0.3, 0.4) is 0 Å². The molecule has 1 aliphatic heterocycles. The first-order valence-corrected chi connectivity index (χ1v) is 9.49. The summed E-state index contributed by atoms with van der Waals surface area (Å²) in [7, 11) is 1.66. The highest BCUT2D eigenvalue weighted by molar-refractivity contribution is 5.97. The minimum atomic E-state index is -0.671. The van der Waals surface area contributed by atoms with Crippen LogP contribution in [0.5, 0.6) is 5.75 Å². The van der Waals surface area contributed by atoms with Gasteiger partial charge in [0, 0.05) is 23.6 Å². The zero-order valence-corrected chi connectivity index (χ0v) is 15.9. The number of carbonyl (C=O) groups is 1. The molecule has 1 aliphatic rings. The summed E-state index contributed by atoms with van der Waals surface area (Å²) in [6.45, 7) is 1.57. The van der Waals surface area contributed by atoms with Gasteiger partial charge in [0.1, 0.15) is 11.3 Å². The van der Waals surface area contributed by atoms with Crippen molar-refractivity contribution in [2.45, 2.75) is 18.4 Å². The zero-order valence-electron chi connectivity index (χ0n) is 15.9. The van der Waals surface area contributed by atoms with Crippen LogP contribution in [0.15, 0.2) is 67.0 Å². The molecule has 2 aromatic carbocycles. The summed E-state index contributed by atoms with van der Waals surface area (Å²) in [6.07, 6.45) is 4.99. The van der Waals surface area contributed by atoms with Crippen LogP contribution in [0, 0.1) is 0 Å². The van der Waals surface area contributed by atoms with Gasteiger partial charge in [-0.15, -0.1) is 0 Å². The monoisotopic (exact) mass is 376 g/mol. The van der Waals surface area contributed by atoms with E-state index in [2.05, 4.69) is 15.7 Å². The lowest BCUT2D eigenvalue weighted by molar-refractivity contribution is -0.126. The number of hydrogen-bond donors (Lipinski definition) is 2. The van der Waals surface area contributed by atoms with Gasteiger partial charge in [0.2, 0.25) is 0 Å². The van der Waals surface area contributed by atoms with E-state index in [9.17, 15) is 4.79 Å². The summed E-state index contributed by atoms with van der Waals surface area (Å²) in [5, 5.41) is 10.8. The number of carbonyl (C=O) groups excluding carboxylic acids is 1. The number of piperidine rings is 1. The highest BCUT2D eigenvalue weighted by Gasteiger charge is 2.42. The van der Waals surface area contributed by atoms with E-state index in [4.69, 9.17) is 4.74 Å². The Balaban J connectivity index is 1.63. The van der Waals surface area contributed by atoms with Gasteiger partial charge in [-0.1, -0.05) is 30.3 Å². The van der Waals surface area contributed by atoms with Gasteiger partial charge in [0.05, 0.1) is 7.11 Å². The fraction of sp³-hybridized carbons (Fsp3) is 0.273. The van der Waals surface area contributed by atoms with E-state index < -0.39 is 5.54 Å². The summed E-state index contributed by atoms with van der Waals surface area (Å²) >= 11 is 0. The maximum Gasteiger partial charge on any atom is 0.252 e. The number of benzene rings is 2. The van der Waals surface area contributed by atoms with E-state index in [1.165, 1.54) is 0 Å². The molecule has 0 unspecified atom stereocenters. The number of methoxy groups -OCH3 is 1. The summed E-state index contributed by atoms with van der Waals surface area (Å²) in [5.74, 6) is 0.771. The molecule has 1 fully saturated rings. The number of aromatic nitrogens is 2. The van der Waals surface area contributed by atoms with Crippen molar-refractivity contribution in [2.75, 3.05) is 25.5 Å². The SMILES string of the molecule is COc1ccccc1-c1cccc(NC(=O)C2(n3cccn3)CCNCC2)c1. The van der Waals surface area contributed by atoms with Gasteiger partial charge < -0.3 is 15.4 Å². The number of anilines is 1. The van der Waals surface area contributed by atoms with Crippen LogP contribution < -0.4 is 15.4 Å². The third-order valence-corrected chi connectivity index (χ3v) is 5.33. The quantitative estimate of drug-likeness (QED) is 0.717. The molecule has 2 N–H and O–H groups in total. The van der Waals surface area contributed by atoms with Crippen molar-refractivity contribution in [3.63, 3.8) is 0 Å². The third-order valence-electron chi connectivity index (χ3n) is 5.33. The van der Waals surface area contributed by atoms with Gasteiger partial charge in [-0.25, -0.2) is 0 Å². The lowest BCUT2D eigenvalue weighted by Crippen LogP contribution is -2.52. The number of amides is 1. The number of hydrogen-bond acceptors (Lipinski definition) is 4. The van der Waals surface area contributed by atoms with Crippen LogP contribution >= 0.6 is 0 Å². The van der Waals surface area contributed by atoms with Gasteiger partial charge in [0.15, 0.2) is 0 Å². The van der Waals surface area contributed by atoms with E-state index in [0.29, 0.717) is 12.8 Å². The second kappa shape index (κ2) is 7.86. The molecular weight excluding hydrogens is 352 g/mol. The first kappa shape index (κ1) is 18.3. The van der Waals surface area contributed by atoms with Crippen LogP contribution in [-0.2, 0) is 10.3 Å². The van der Waals surface area contributed by atoms with Crippen molar-refractivity contribution < 1.29 is 9.53 Å². The minimum Gasteiger partial charge on any atom is -0.496 e. The van der Waals surface area contributed by atoms with Crippen LogP contribution in [0.1, 0.15) is 12.8 Å². The molecule has 0 saturated carbocycles. The molecular formula is C22H24N4O2. The van der Waals surface area contributed by atoms with E-state index in [1.807, 2.05) is 60.8 Å². The smallest absolute Gasteiger partial charge is 0.252 e. The number of nitrogens with zero attached hydrogens (tertiary/aromatic N) is 2. The Labute approximate surface area is 164 Å². The molecule has 6 nitrogen and oxygen atoms in total. The average Bonchev–Trinajstić information content (AvgIpc) is 3.30. The zero-order chi connectivity index (χ0) is 19.4. The summed E-state index contributed by atoms with van der Waals surface area (Å²) in [6, 6.07) is 17.6. The van der Waals surface area contributed by atoms with Crippen LogP contribution in [0.2, 0.25) is 0 Å². The predicted octanol–water partition coefficient (Wildman–Crippen LogP) is 3.28. The molecule has 0 atom stereocenters. The molecule has 0 spiro atoms. The lowest BCUT2D eigenvalue weighted by atomic mass is 9.87. The Hall–Kier alpha value is -3.12. The second-order valence-electron chi connectivity index (χ2n) is 6.97. The molecule has 1 aromatic heterocycles. The van der Waals surface area contributed by atoms with Crippen molar-refractivity contribution in [1.82, 2.24) is 15.1 Å². The molecule has 0 bridgehead atoms. The molecule has 1 amide bonds. The highest BCUT2D eigenvalue weighted by Crippen LogP contribution is 2.32. The average molecular weight is 376 g/mol. The minimum absolute atomic E-state index is 0.0325. The maximum absolute atomic E-state index is 13.3. The Kier molecular flexibility index (Phi) is 5.12. The van der Waals surface area contributed by atoms with Crippen LogP contribution in [0.25, 0.3) is 11.1 Å². The first-order chi connectivity index (χ1) is 13.7. The van der Waals surface area contributed by atoms with Gasteiger partial charge in [0.25, 0.3) is 5.91 Å². The largest absolute Gasteiger partial charge is 0.496 e. The highest BCUT2D eigenvalue weighted by atomic mass is 16.5. The molecule has 2 heterocycles. The summed E-state index contributed by atoms with van der Waals surface area (Å²) in [5.41, 5.74) is 2.08. The molecule has 0 aliphatic carbocycles. The van der Waals surface area contributed by atoms with Gasteiger partial charge in [-0.05, 0) is 55.8 Å². The third kappa shape index (κ3) is 3.39. The Morgan fingerprint density at radius 2 is 1.96 bits per heavy atom. The van der Waals surface area contributed by atoms with Crippen molar-refractivity contribution in [1.29, 1.82) is 0 Å². The molecule has 6 heteroatoms. The molecule has 1 saturated heterocycles. The Morgan fingerprint density at radius 3 is 2.71 bits per heavy atom. The number of rotatable bonds is 5. The number of nitrogens with one attached hydrogen (secondary N) is 2. The fourth-order valence-electron chi connectivity index (χ4n) is 3.82. The van der Waals surface area contributed by atoms with E-state index in [-0.39, 0.29) is 5.91 Å². The predicted molar refractivity (Wildman–Crippen MR) is 109 cm³/mol. The molecule has 0 radical (unpaired) electrons. The van der Waals surface area contributed by atoms with E-state index in [1.54, 1.807) is 18.0 Å². The second-order valence-corrected chi connectivity index (χ2v) is 6.97. The summed E-state index contributed by atoms with van der Waals surface area (Å²) in [4.78, 5) is 13.3. The fourth-order valence-corrected chi connectivity index (χ4v) is 3.82. The van der Waals surface area contributed by atoms with Crippen molar-refractivity contribution in [3.8, 4) is 16.9 Å². The maximum atomic E-state index is 13.3. The molecule has 144 valence electrons. The first-order valence-electron chi connectivity index (χ1n) is 9.49. The number of para-hydroxylation sites is 1. The van der Waals surface area contributed by atoms with Gasteiger partial charge in [-0.2, -0.15) is 5.10 Å². The van der Waals surface area contributed by atoms with Crippen molar-refractivity contribution in [3.05, 3.63) is 67.0 Å². The van der Waals surface area contributed by atoms with Gasteiger partial charge in [-0.3, -0.25) is 9.48 Å². The normalized spacial score (nSPS) is 15.8. The lowest BCUT2D eigenvalue weighted by Gasteiger charge is -2.36.